The summed E-state index contributed by atoms with van der Waals surface area (Å²) in [7, 11) is 0. The summed E-state index contributed by atoms with van der Waals surface area (Å²) in [5.74, 6) is 0. The van der Waals surface area contributed by atoms with E-state index in [1.54, 1.807) is 12.1 Å². The molecule has 0 saturated heterocycles. The quantitative estimate of drug-likeness (QED) is 0.376. The van der Waals surface area contributed by atoms with E-state index < -0.39 is 4.92 Å². The van der Waals surface area contributed by atoms with Crippen LogP contribution in [0.1, 0.15) is 17.0 Å². The van der Waals surface area contributed by atoms with Gasteiger partial charge in [0.25, 0.3) is 5.69 Å². The van der Waals surface area contributed by atoms with Crippen molar-refractivity contribution in [3.8, 4) is 5.69 Å². The lowest BCUT2D eigenvalue weighted by Gasteiger charge is -2.04. The highest BCUT2D eigenvalue weighted by Gasteiger charge is 2.13. The number of aryl methyl sites for hydroxylation is 2. The molecule has 7 heteroatoms. The maximum absolute atomic E-state index is 10.8. The van der Waals surface area contributed by atoms with E-state index in [9.17, 15) is 10.1 Å². The molecule has 0 amide bonds. The fraction of sp³-hybridized carbons (Fsp3) is 0.167. The Bertz CT molecular complexity index is 958. The number of nitro groups is 1. The van der Waals surface area contributed by atoms with Crippen molar-refractivity contribution >= 4 is 17.1 Å². The molecule has 1 heterocycles. The van der Waals surface area contributed by atoms with Gasteiger partial charge in [-0.3, -0.25) is 10.1 Å². The number of azo groups is 1. The second kappa shape index (κ2) is 6.64. The monoisotopic (exact) mass is 335 g/mol. The maximum atomic E-state index is 10.8. The summed E-state index contributed by atoms with van der Waals surface area (Å²) in [5.41, 5.74) is 4.80. The predicted molar refractivity (Wildman–Crippen MR) is 95.0 cm³/mol. The molecule has 0 N–H and O–H groups in total. The van der Waals surface area contributed by atoms with Crippen LogP contribution in [-0.4, -0.2) is 14.7 Å². The SMILES string of the molecule is Cc1ccc(-n2nc(C)c(N=Nc3cccc([N+](=O)[O-])c3)c2C)cc1. The van der Waals surface area contributed by atoms with E-state index in [1.807, 2.05) is 49.7 Å². The summed E-state index contributed by atoms with van der Waals surface area (Å²) in [6.07, 6.45) is 0. The Hall–Kier alpha value is -3.35. The second-order valence-electron chi connectivity index (χ2n) is 5.74. The summed E-state index contributed by atoms with van der Waals surface area (Å²) in [5, 5.41) is 23.8. The molecule has 3 aromatic rings. The van der Waals surface area contributed by atoms with Crippen molar-refractivity contribution in [1.82, 2.24) is 9.78 Å². The topological polar surface area (TPSA) is 85.7 Å². The van der Waals surface area contributed by atoms with Gasteiger partial charge in [-0.2, -0.15) is 10.2 Å². The lowest BCUT2D eigenvalue weighted by molar-refractivity contribution is -0.384. The van der Waals surface area contributed by atoms with E-state index in [0.717, 1.165) is 17.1 Å². The molecule has 0 fully saturated rings. The third kappa shape index (κ3) is 3.45. The highest BCUT2D eigenvalue weighted by atomic mass is 16.6. The van der Waals surface area contributed by atoms with Crippen LogP contribution in [-0.2, 0) is 0 Å². The third-order valence-electron chi connectivity index (χ3n) is 3.84. The predicted octanol–water partition coefficient (Wildman–Crippen LogP) is 5.12. The molecule has 0 radical (unpaired) electrons. The summed E-state index contributed by atoms with van der Waals surface area (Å²) in [6.45, 7) is 5.81. The Morgan fingerprint density at radius 2 is 1.76 bits per heavy atom. The largest absolute Gasteiger partial charge is 0.271 e. The van der Waals surface area contributed by atoms with Crippen molar-refractivity contribution in [2.75, 3.05) is 0 Å². The maximum Gasteiger partial charge on any atom is 0.271 e. The molecule has 2 aromatic carbocycles. The first kappa shape index (κ1) is 16.5. The molecule has 0 aliphatic heterocycles. The zero-order chi connectivity index (χ0) is 18.0. The van der Waals surface area contributed by atoms with Crippen molar-refractivity contribution < 1.29 is 4.92 Å². The number of benzene rings is 2. The molecule has 25 heavy (non-hydrogen) atoms. The molecular weight excluding hydrogens is 318 g/mol. The molecular formula is C18H17N5O2. The summed E-state index contributed by atoms with van der Waals surface area (Å²) in [6, 6.07) is 14.1. The van der Waals surface area contributed by atoms with Gasteiger partial charge in [0.2, 0.25) is 0 Å². The van der Waals surface area contributed by atoms with Crippen molar-refractivity contribution in [3.63, 3.8) is 0 Å². The number of nitro benzene ring substituents is 1. The molecule has 3 rings (SSSR count). The summed E-state index contributed by atoms with van der Waals surface area (Å²) < 4.78 is 1.82. The van der Waals surface area contributed by atoms with Gasteiger partial charge in [-0.1, -0.05) is 23.8 Å². The number of hydrogen-bond donors (Lipinski definition) is 0. The van der Waals surface area contributed by atoms with Crippen LogP contribution in [0, 0.1) is 30.9 Å². The summed E-state index contributed by atoms with van der Waals surface area (Å²) >= 11 is 0. The molecule has 0 bridgehead atoms. The van der Waals surface area contributed by atoms with Gasteiger partial charge in [0.1, 0.15) is 5.69 Å². The number of aromatic nitrogens is 2. The molecule has 0 saturated carbocycles. The molecule has 0 atom stereocenters. The molecule has 0 aliphatic rings. The summed E-state index contributed by atoms with van der Waals surface area (Å²) in [4.78, 5) is 10.4. The molecule has 1 aromatic heterocycles. The molecule has 0 spiro atoms. The van der Waals surface area contributed by atoms with Gasteiger partial charge in [0.05, 0.1) is 27.7 Å². The Morgan fingerprint density at radius 1 is 1.04 bits per heavy atom. The van der Waals surface area contributed by atoms with Gasteiger partial charge in [-0.05, 0) is 39.0 Å². The zero-order valence-corrected chi connectivity index (χ0v) is 14.2. The van der Waals surface area contributed by atoms with E-state index in [-0.39, 0.29) is 5.69 Å². The average Bonchev–Trinajstić information content (AvgIpc) is 2.88. The van der Waals surface area contributed by atoms with Crippen molar-refractivity contribution in [1.29, 1.82) is 0 Å². The van der Waals surface area contributed by atoms with E-state index in [0.29, 0.717) is 11.4 Å². The standard InChI is InChI=1S/C18H17N5O2/c1-12-7-9-16(10-8-12)22-14(3)18(13(2)21-22)20-19-15-5-4-6-17(11-15)23(24)25/h4-11H,1-3H3. The minimum absolute atomic E-state index is 0.0137. The molecule has 126 valence electrons. The van der Waals surface area contributed by atoms with Crippen LogP contribution in [0.2, 0.25) is 0 Å². The van der Waals surface area contributed by atoms with Gasteiger partial charge in [0.15, 0.2) is 0 Å². The molecule has 0 aliphatic carbocycles. The fourth-order valence-corrected chi connectivity index (χ4v) is 2.49. The number of rotatable bonds is 4. The molecule has 7 nitrogen and oxygen atoms in total. The normalized spacial score (nSPS) is 11.2. The van der Waals surface area contributed by atoms with Crippen molar-refractivity contribution in [2.45, 2.75) is 20.8 Å². The van der Waals surface area contributed by atoms with E-state index >= 15 is 0 Å². The smallest absolute Gasteiger partial charge is 0.258 e. The van der Waals surface area contributed by atoms with Gasteiger partial charge in [-0.25, -0.2) is 4.68 Å². The highest BCUT2D eigenvalue weighted by Crippen LogP contribution is 2.28. The van der Waals surface area contributed by atoms with Crippen molar-refractivity contribution in [2.24, 2.45) is 10.2 Å². The van der Waals surface area contributed by atoms with E-state index in [1.165, 1.54) is 17.7 Å². The zero-order valence-electron chi connectivity index (χ0n) is 14.2. The first-order valence-electron chi connectivity index (χ1n) is 7.75. The minimum atomic E-state index is -0.453. The van der Waals surface area contributed by atoms with Crippen LogP contribution in [0.25, 0.3) is 5.69 Å². The lowest BCUT2D eigenvalue weighted by atomic mass is 10.2. The second-order valence-corrected chi connectivity index (χ2v) is 5.74. The van der Waals surface area contributed by atoms with Gasteiger partial charge >= 0.3 is 0 Å². The lowest BCUT2D eigenvalue weighted by Crippen LogP contribution is -1.98. The van der Waals surface area contributed by atoms with Crippen molar-refractivity contribution in [3.05, 3.63) is 75.6 Å². The Morgan fingerprint density at radius 3 is 2.44 bits per heavy atom. The fourth-order valence-electron chi connectivity index (χ4n) is 2.49. The number of nitrogens with zero attached hydrogens (tertiary/aromatic N) is 5. The van der Waals surface area contributed by atoms with Crippen LogP contribution in [0.5, 0.6) is 0 Å². The first-order valence-corrected chi connectivity index (χ1v) is 7.75. The average molecular weight is 335 g/mol. The minimum Gasteiger partial charge on any atom is -0.258 e. The van der Waals surface area contributed by atoms with Gasteiger partial charge < -0.3 is 0 Å². The van der Waals surface area contributed by atoms with E-state index in [2.05, 4.69) is 15.3 Å². The van der Waals surface area contributed by atoms with Gasteiger partial charge in [0, 0.05) is 12.1 Å². The van der Waals surface area contributed by atoms with E-state index in [4.69, 9.17) is 0 Å². The van der Waals surface area contributed by atoms with Crippen LogP contribution < -0.4 is 0 Å². The number of hydrogen-bond acceptors (Lipinski definition) is 5. The van der Waals surface area contributed by atoms with Gasteiger partial charge in [-0.15, -0.1) is 5.11 Å². The Kier molecular flexibility index (Phi) is 4.38. The third-order valence-corrected chi connectivity index (χ3v) is 3.84. The van der Waals surface area contributed by atoms with Crippen LogP contribution in [0.3, 0.4) is 0 Å². The molecule has 0 unspecified atom stereocenters. The number of non-ortho nitro benzene ring substituents is 1. The van der Waals surface area contributed by atoms with Crippen LogP contribution in [0.4, 0.5) is 17.1 Å². The Labute approximate surface area is 144 Å². The van der Waals surface area contributed by atoms with Crippen LogP contribution >= 0.6 is 0 Å². The van der Waals surface area contributed by atoms with Crippen LogP contribution in [0.15, 0.2) is 58.8 Å². The first-order chi connectivity index (χ1) is 12.0. The highest BCUT2D eigenvalue weighted by molar-refractivity contribution is 5.51. The Balaban J connectivity index is 1.94.